The Morgan fingerprint density at radius 3 is 2.77 bits per heavy atom. The zero-order valence-corrected chi connectivity index (χ0v) is 14.7. The van der Waals surface area contributed by atoms with Gasteiger partial charge in [-0.1, -0.05) is 6.08 Å². The molecule has 3 rings (SSSR count). The highest BCUT2D eigenvalue weighted by Crippen LogP contribution is 2.34. The molecule has 2 aromatic rings. The number of methoxy groups -OCH3 is 1. The van der Waals surface area contributed by atoms with E-state index in [0.29, 0.717) is 47.2 Å². The third-order valence-electron chi connectivity index (χ3n) is 4.21. The molecule has 0 aliphatic heterocycles. The average molecular weight is 356 g/mol. The van der Waals surface area contributed by atoms with Gasteiger partial charge in [0.1, 0.15) is 23.7 Å². The number of allylic oxidation sites excluding steroid dienone is 1. The summed E-state index contributed by atoms with van der Waals surface area (Å²) in [5.41, 5.74) is 14.1. The first kappa shape index (κ1) is 17.9. The molecule has 1 aliphatic rings. The minimum Gasteiger partial charge on any atom is -0.495 e. The predicted molar refractivity (Wildman–Crippen MR) is 96.4 cm³/mol. The fourth-order valence-corrected chi connectivity index (χ4v) is 2.91. The molecule has 136 valence electrons. The first-order chi connectivity index (χ1) is 12.5. The lowest BCUT2D eigenvalue weighted by atomic mass is 9.86. The molecule has 0 radical (unpaired) electrons. The van der Waals surface area contributed by atoms with E-state index < -0.39 is 5.54 Å². The van der Waals surface area contributed by atoms with Crippen molar-refractivity contribution in [2.75, 3.05) is 13.7 Å². The molecule has 1 aromatic carbocycles. The lowest BCUT2D eigenvalue weighted by molar-refractivity contribution is 0.292. The van der Waals surface area contributed by atoms with Crippen molar-refractivity contribution < 1.29 is 13.9 Å². The minimum absolute atomic E-state index is 0.366. The molecular weight excluding hydrogens is 335 g/mol. The third-order valence-corrected chi connectivity index (χ3v) is 4.21. The summed E-state index contributed by atoms with van der Waals surface area (Å²) < 4.78 is 24.3. The molecule has 0 fully saturated rings. The Bertz CT molecular complexity index is 882. The van der Waals surface area contributed by atoms with E-state index in [9.17, 15) is 4.39 Å². The number of rotatable bonds is 5. The molecule has 1 heterocycles. The molecule has 6 nitrogen and oxygen atoms in total. The molecule has 26 heavy (non-hydrogen) atoms. The number of halogens is 1. The third kappa shape index (κ3) is 3.39. The van der Waals surface area contributed by atoms with Crippen LogP contribution in [-0.4, -0.2) is 23.7 Å². The van der Waals surface area contributed by atoms with Gasteiger partial charge in [0.2, 0.25) is 0 Å². The number of benzene rings is 1. The van der Waals surface area contributed by atoms with Gasteiger partial charge in [0, 0.05) is 18.1 Å². The van der Waals surface area contributed by atoms with Crippen LogP contribution < -0.4 is 16.2 Å². The van der Waals surface area contributed by atoms with Crippen LogP contribution in [0.3, 0.4) is 0 Å². The summed E-state index contributed by atoms with van der Waals surface area (Å²) in [4.78, 5) is 8.61. The molecule has 1 aromatic heterocycles. The van der Waals surface area contributed by atoms with Gasteiger partial charge in [-0.05, 0) is 31.2 Å². The van der Waals surface area contributed by atoms with Crippen LogP contribution in [0.25, 0.3) is 11.3 Å². The van der Waals surface area contributed by atoms with Gasteiger partial charge in [-0.3, -0.25) is 0 Å². The molecule has 1 atom stereocenters. The van der Waals surface area contributed by atoms with Crippen molar-refractivity contribution in [1.82, 2.24) is 9.97 Å². The summed E-state index contributed by atoms with van der Waals surface area (Å²) in [7, 11) is 1.56. The van der Waals surface area contributed by atoms with E-state index in [-0.39, 0.29) is 5.82 Å². The smallest absolute Gasteiger partial charge is 0.137 e. The molecule has 0 saturated heterocycles. The largest absolute Gasteiger partial charge is 0.495 e. The fourth-order valence-electron chi connectivity index (χ4n) is 2.91. The van der Waals surface area contributed by atoms with E-state index in [2.05, 4.69) is 9.97 Å². The van der Waals surface area contributed by atoms with E-state index in [4.69, 9.17) is 20.9 Å². The SMILES string of the molecule is CCOc1cc(F)ccc1-c1cc(C2(N)C=CC(OC)=C(N)C2)ncn1. The zero-order chi connectivity index (χ0) is 18.7. The van der Waals surface area contributed by atoms with Crippen LogP contribution in [0.15, 0.2) is 54.2 Å². The van der Waals surface area contributed by atoms with Gasteiger partial charge in [-0.2, -0.15) is 0 Å². The summed E-state index contributed by atoms with van der Waals surface area (Å²) in [5, 5.41) is 0. The summed E-state index contributed by atoms with van der Waals surface area (Å²) in [5.74, 6) is 0.642. The van der Waals surface area contributed by atoms with Gasteiger partial charge >= 0.3 is 0 Å². The highest BCUT2D eigenvalue weighted by molar-refractivity contribution is 5.67. The van der Waals surface area contributed by atoms with E-state index in [1.807, 2.05) is 13.0 Å². The summed E-state index contributed by atoms with van der Waals surface area (Å²) in [6.07, 6.45) is 5.34. The Labute approximate surface area is 151 Å². The van der Waals surface area contributed by atoms with Crippen LogP contribution in [-0.2, 0) is 10.3 Å². The maximum atomic E-state index is 13.6. The standard InChI is InChI=1S/C19H21FN4O2/c1-3-26-17-8-12(20)4-5-13(17)15-9-18(24-11-23-15)19(22)7-6-16(25-2)14(21)10-19/h4-9,11H,3,10,21-22H2,1-2H3. The van der Waals surface area contributed by atoms with Crippen LogP contribution in [0.4, 0.5) is 4.39 Å². The molecule has 7 heteroatoms. The van der Waals surface area contributed by atoms with E-state index in [1.165, 1.54) is 18.5 Å². The molecular formula is C19H21FN4O2. The molecule has 0 saturated carbocycles. The Morgan fingerprint density at radius 1 is 1.27 bits per heavy atom. The number of nitrogens with two attached hydrogens (primary N) is 2. The van der Waals surface area contributed by atoms with Crippen LogP contribution in [0.1, 0.15) is 19.0 Å². The van der Waals surface area contributed by atoms with Crippen LogP contribution in [0.5, 0.6) is 5.75 Å². The maximum absolute atomic E-state index is 13.6. The predicted octanol–water partition coefficient (Wildman–Crippen LogP) is 2.61. The van der Waals surface area contributed by atoms with E-state index in [1.54, 1.807) is 25.3 Å². The Kier molecular flexibility index (Phi) is 4.90. The fraction of sp³-hybridized carbons (Fsp3) is 0.263. The second-order valence-corrected chi connectivity index (χ2v) is 6.01. The minimum atomic E-state index is -0.879. The number of aromatic nitrogens is 2. The van der Waals surface area contributed by atoms with Gasteiger partial charge < -0.3 is 20.9 Å². The molecule has 1 unspecified atom stereocenters. The van der Waals surface area contributed by atoms with Crippen LogP contribution in [0, 0.1) is 5.82 Å². The quantitative estimate of drug-likeness (QED) is 0.855. The van der Waals surface area contributed by atoms with Crippen LogP contribution in [0.2, 0.25) is 0 Å². The van der Waals surface area contributed by atoms with Gasteiger partial charge in [0.25, 0.3) is 0 Å². The number of ether oxygens (including phenoxy) is 2. The number of nitrogens with zero attached hydrogens (tertiary/aromatic N) is 2. The van der Waals surface area contributed by atoms with Gasteiger partial charge in [-0.25, -0.2) is 14.4 Å². The monoisotopic (exact) mass is 356 g/mol. The normalized spacial score (nSPS) is 19.5. The molecule has 0 bridgehead atoms. The Hall–Kier alpha value is -2.93. The molecule has 0 spiro atoms. The second kappa shape index (κ2) is 7.13. The van der Waals surface area contributed by atoms with E-state index >= 15 is 0 Å². The first-order valence-electron chi connectivity index (χ1n) is 8.23. The van der Waals surface area contributed by atoms with Crippen LogP contribution >= 0.6 is 0 Å². The van der Waals surface area contributed by atoms with Crippen molar-refractivity contribution >= 4 is 0 Å². The first-order valence-corrected chi connectivity index (χ1v) is 8.23. The molecule has 0 amide bonds. The Balaban J connectivity index is 2.00. The maximum Gasteiger partial charge on any atom is 0.137 e. The average Bonchev–Trinajstić information content (AvgIpc) is 2.62. The summed E-state index contributed by atoms with van der Waals surface area (Å²) in [6, 6.07) is 6.10. The topological polar surface area (TPSA) is 96.3 Å². The number of hydrogen-bond donors (Lipinski definition) is 2. The second-order valence-electron chi connectivity index (χ2n) is 6.01. The van der Waals surface area contributed by atoms with Gasteiger partial charge in [0.15, 0.2) is 0 Å². The lowest BCUT2D eigenvalue weighted by Crippen LogP contribution is -2.39. The summed E-state index contributed by atoms with van der Waals surface area (Å²) in [6.45, 7) is 2.25. The van der Waals surface area contributed by atoms with Crippen molar-refractivity contribution in [2.45, 2.75) is 18.9 Å². The summed E-state index contributed by atoms with van der Waals surface area (Å²) >= 11 is 0. The highest BCUT2D eigenvalue weighted by atomic mass is 19.1. The van der Waals surface area contributed by atoms with Crippen molar-refractivity contribution in [1.29, 1.82) is 0 Å². The number of hydrogen-bond acceptors (Lipinski definition) is 6. The Morgan fingerprint density at radius 2 is 2.08 bits per heavy atom. The van der Waals surface area contributed by atoms with E-state index in [0.717, 1.165) is 0 Å². The molecule has 4 N–H and O–H groups in total. The van der Waals surface area contributed by atoms with Gasteiger partial charge in [0.05, 0.1) is 36.3 Å². The van der Waals surface area contributed by atoms with Gasteiger partial charge in [-0.15, -0.1) is 0 Å². The molecule has 1 aliphatic carbocycles. The van der Waals surface area contributed by atoms with Crippen molar-refractivity contribution in [2.24, 2.45) is 11.5 Å². The lowest BCUT2D eigenvalue weighted by Gasteiger charge is -2.29. The van der Waals surface area contributed by atoms with Crippen molar-refractivity contribution in [3.63, 3.8) is 0 Å². The highest BCUT2D eigenvalue weighted by Gasteiger charge is 2.31. The van der Waals surface area contributed by atoms with Crippen molar-refractivity contribution in [3.05, 3.63) is 65.7 Å². The van der Waals surface area contributed by atoms with Crippen molar-refractivity contribution in [3.8, 4) is 17.0 Å². The zero-order valence-electron chi connectivity index (χ0n) is 14.7.